The molecule has 5 heteroatoms. The quantitative estimate of drug-likeness (QED) is 0.883. The van der Waals surface area contributed by atoms with Crippen molar-refractivity contribution in [2.45, 2.75) is 19.3 Å². The second-order valence-electron chi connectivity index (χ2n) is 4.90. The van der Waals surface area contributed by atoms with Crippen LogP contribution in [-0.2, 0) is 22.4 Å². The van der Waals surface area contributed by atoms with Gasteiger partial charge >= 0.3 is 5.97 Å². The van der Waals surface area contributed by atoms with Crippen LogP contribution in [0.15, 0.2) is 36.4 Å². The van der Waals surface area contributed by atoms with E-state index in [1.54, 1.807) is 12.1 Å². The summed E-state index contributed by atoms with van der Waals surface area (Å²) < 4.78 is 5.06. The first kappa shape index (κ1) is 13.8. The minimum absolute atomic E-state index is 0.268. The highest BCUT2D eigenvalue weighted by Crippen LogP contribution is 2.30. The van der Waals surface area contributed by atoms with Crippen molar-refractivity contribution in [3.05, 3.63) is 51.7 Å². The Labute approximate surface area is 126 Å². The molecule has 1 heterocycles. The number of benzene rings is 1. The third-order valence-electron chi connectivity index (χ3n) is 3.34. The largest absolute Gasteiger partial charge is 0.451 e. The number of anilines is 1. The van der Waals surface area contributed by atoms with Crippen molar-refractivity contribution in [3.63, 3.8) is 0 Å². The van der Waals surface area contributed by atoms with Crippen LogP contribution >= 0.6 is 11.3 Å². The fourth-order valence-electron chi connectivity index (χ4n) is 2.35. The number of para-hydroxylation sites is 1. The highest BCUT2D eigenvalue weighted by Gasteiger charge is 2.19. The Morgan fingerprint density at radius 2 is 2.00 bits per heavy atom. The Kier molecular flexibility index (Phi) is 4.01. The van der Waals surface area contributed by atoms with E-state index in [1.165, 1.54) is 21.8 Å². The van der Waals surface area contributed by atoms with Gasteiger partial charge in [0.1, 0.15) is 4.88 Å². The SMILES string of the molecule is O=C(COC(=O)c1cc2c(s1)CCC2)Nc1ccccc1. The Morgan fingerprint density at radius 1 is 1.19 bits per heavy atom. The van der Waals surface area contributed by atoms with E-state index in [2.05, 4.69) is 5.32 Å². The molecule has 2 aromatic rings. The molecular formula is C16H15NO3S. The van der Waals surface area contributed by atoms with Crippen molar-refractivity contribution in [1.82, 2.24) is 0 Å². The summed E-state index contributed by atoms with van der Waals surface area (Å²) in [5.41, 5.74) is 1.94. The molecule has 1 N–H and O–H groups in total. The van der Waals surface area contributed by atoms with Crippen LogP contribution in [0.3, 0.4) is 0 Å². The van der Waals surface area contributed by atoms with Gasteiger partial charge in [-0.2, -0.15) is 0 Å². The van der Waals surface area contributed by atoms with Gasteiger partial charge in [-0.25, -0.2) is 4.79 Å². The topological polar surface area (TPSA) is 55.4 Å². The second-order valence-corrected chi connectivity index (χ2v) is 6.04. The molecule has 3 rings (SSSR count). The Hall–Kier alpha value is -2.14. The van der Waals surface area contributed by atoms with Crippen molar-refractivity contribution in [1.29, 1.82) is 0 Å². The molecule has 0 fully saturated rings. The Bertz CT molecular complexity index is 642. The van der Waals surface area contributed by atoms with E-state index in [9.17, 15) is 9.59 Å². The van der Waals surface area contributed by atoms with E-state index in [1.807, 2.05) is 24.3 Å². The van der Waals surface area contributed by atoms with E-state index in [-0.39, 0.29) is 12.5 Å². The molecule has 0 spiro atoms. The summed E-state index contributed by atoms with van der Waals surface area (Å²) in [6.45, 7) is -0.268. The number of amides is 1. The number of nitrogens with one attached hydrogen (secondary N) is 1. The lowest BCUT2D eigenvalue weighted by atomic mass is 10.2. The zero-order chi connectivity index (χ0) is 14.7. The van der Waals surface area contributed by atoms with Crippen LogP contribution in [-0.4, -0.2) is 18.5 Å². The Morgan fingerprint density at radius 3 is 2.76 bits per heavy atom. The highest BCUT2D eigenvalue weighted by atomic mass is 32.1. The predicted molar refractivity (Wildman–Crippen MR) is 81.7 cm³/mol. The van der Waals surface area contributed by atoms with Crippen molar-refractivity contribution >= 4 is 28.9 Å². The van der Waals surface area contributed by atoms with Crippen LogP contribution in [0, 0.1) is 0 Å². The second kappa shape index (κ2) is 6.10. The van der Waals surface area contributed by atoms with E-state index >= 15 is 0 Å². The fraction of sp³-hybridized carbons (Fsp3) is 0.250. The minimum Gasteiger partial charge on any atom is -0.451 e. The van der Waals surface area contributed by atoms with E-state index in [0.29, 0.717) is 10.6 Å². The molecular weight excluding hydrogens is 286 g/mol. The van der Waals surface area contributed by atoms with Gasteiger partial charge in [-0.3, -0.25) is 4.79 Å². The normalized spacial score (nSPS) is 12.8. The molecule has 0 unspecified atom stereocenters. The molecule has 0 saturated carbocycles. The smallest absolute Gasteiger partial charge is 0.348 e. The molecule has 1 amide bonds. The van der Waals surface area contributed by atoms with Crippen LogP contribution in [0.5, 0.6) is 0 Å². The lowest BCUT2D eigenvalue weighted by molar-refractivity contribution is -0.119. The first-order valence-electron chi connectivity index (χ1n) is 6.86. The standard InChI is InChI=1S/C16H15NO3S/c18-15(17-12-6-2-1-3-7-12)10-20-16(19)14-9-11-5-4-8-13(11)21-14/h1-3,6-7,9H,4-5,8,10H2,(H,17,18). The van der Waals surface area contributed by atoms with Crippen LogP contribution in [0.4, 0.5) is 5.69 Å². The monoisotopic (exact) mass is 301 g/mol. The summed E-state index contributed by atoms with van der Waals surface area (Å²) >= 11 is 1.48. The van der Waals surface area contributed by atoms with E-state index in [0.717, 1.165) is 19.3 Å². The van der Waals surface area contributed by atoms with Crippen molar-refractivity contribution in [3.8, 4) is 0 Å². The van der Waals surface area contributed by atoms with Crippen LogP contribution in [0.2, 0.25) is 0 Å². The number of esters is 1. The number of aryl methyl sites for hydroxylation is 2. The van der Waals surface area contributed by atoms with Gasteiger partial charge in [0.2, 0.25) is 0 Å². The number of hydrogen-bond acceptors (Lipinski definition) is 4. The summed E-state index contributed by atoms with van der Waals surface area (Å²) in [6.07, 6.45) is 3.24. The summed E-state index contributed by atoms with van der Waals surface area (Å²) in [7, 11) is 0. The van der Waals surface area contributed by atoms with Gasteiger partial charge in [0.05, 0.1) is 0 Å². The molecule has 0 atom stereocenters. The summed E-state index contributed by atoms with van der Waals surface area (Å²) in [5, 5.41) is 2.67. The van der Waals surface area contributed by atoms with Crippen LogP contribution < -0.4 is 5.32 Å². The lowest BCUT2D eigenvalue weighted by Gasteiger charge is -2.05. The van der Waals surface area contributed by atoms with Crippen molar-refractivity contribution in [2.24, 2.45) is 0 Å². The van der Waals surface area contributed by atoms with Gasteiger partial charge < -0.3 is 10.1 Å². The van der Waals surface area contributed by atoms with Crippen molar-refractivity contribution in [2.75, 3.05) is 11.9 Å². The van der Waals surface area contributed by atoms with Gasteiger partial charge in [-0.05, 0) is 43.0 Å². The predicted octanol–water partition coefficient (Wildman–Crippen LogP) is 3.03. The molecule has 0 saturated heterocycles. The summed E-state index contributed by atoms with van der Waals surface area (Å²) in [6, 6.07) is 11.0. The van der Waals surface area contributed by atoms with E-state index in [4.69, 9.17) is 4.74 Å². The highest BCUT2D eigenvalue weighted by molar-refractivity contribution is 7.14. The van der Waals surface area contributed by atoms with Gasteiger partial charge in [-0.15, -0.1) is 11.3 Å². The Balaban J connectivity index is 1.52. The average Bonchev–Trinajstić information content (AvgIpc) is 3.07. The number of carbonyl (C=O) groups excluding carboxylic acids is 2. The van der Waals surface area contributed by atoms with Crippen molar-refractivity contribution < 1.29 is 14.3 Å². The number of hydrogen-bond donors (Lipinski definition) is 1. The summed E-state index contributed by atoms with van der Waals surface area (Å²) in [5.74, 6) is -0.753. The lowest BCUT2D eigenvalue weighted by Crippen LogP contribution is -2.20. The molecule has 1 aliphatic rings. The number of fused-ring (bicyclic) bond motifs is 1. The fourth-order valence-corrected chi connectivity index (χ4v) is 3.50. The number of carbonyl (C=O) groups is 2. The van der Waals surface area contributed by atoms with Crippen LogP contribution in [0.25, 0.3) is 0 Å². The van der Waals surface area contributed by atoms with Gasteiger partial charge in [0, 0.05) is 10.6 Å². The molecule has 1 aromatic carbocycles. The minimum atomic E-state index is -0.419. The van der Waals surface area contributed by atoms with Gasteiger partial charge in [-0.1, -0.05) is 18.2 Å². The maximum Gasteiger partial charge on any atom is 0.348 e. The third kappa shape index (κ3) is 3.31. The first-order valence-corrected chi connectivity index (χ1v) is 7.67. The molecule has 1 aliphatic carbocycles. The maximum absolute atomic E-state index is 11.9. The number of rotatable bonds is 4. The number of thiophene rings is 1. The van der Waals surface area contributed by atoms with Gasteiger partial charge in [0.25, 0.3) is 5.91 Å². The molecule has 0 radical (unpaired) electrons. The van der Waals surface area contributed by atoms with E-state index < -0.39 is 5.97 Å². The summed E-state index contributed by atoms with van der Waals surface area (Å²) in [4.78, 5) is 25.5. The van der Waals surface area contributed by atoms with Gasteiger partial charge in [0.15, 0.2) is 6.61 Å². The first-order chi connectivity index (χ1) is 10.2. The number of ether oxygens (including phenoxy) is 1. The molecule has 1 aromatic heterocycles. The maximum atomic E-state index is 11.9. The third-order valence-corrected chi connectivity index (χ3v) is 4.56. The van der Waals surface area contributed by atoms with Crippen LogP contribution in [0.1, 0.15) is 26.5 Å². The molecule has 0 aliphatic heterocycles. The average molecular weight is 301 g/mol. The zero-order valence-electron chi connectivity index (χ0n) is 11.4. The molecule has 21 heavy (non-hydrogen) atoms. The molecule has 4 nitrogen and oxygen atoms in total. The molecule has 108 valence electrons. The molecule has 0 bridgehead atoms. The zero-order valence-corrected chi connectivity index (χ0v) is 12.2.